The van der Waals surface area contributed by atoms with Crippen molar-refractivity contribution in [2.45, 2.75) is 39.0 Å². The second-order valence-corrected chi connectivity index (χ2v) is 10.5. The van der Waals surface area contributed by atoms with Crippen LogP contribution in [0.15, 0.2) is 53.7 Å². The maximum absolute atomic E-state index is 13.4. The zero-order chi connectivity index (χ0) is 30.9. The molecular formula is C30H33F3N4O6. The molecule has 0 spiro atoms. The third kappa shape index (κ3) is 6.12. The Morgan fingerprint density at radius 1 is 1.05 bits per heavy atom. The number of esters is 1. The van der Waals surface area contributed by atoms with E-state index >= 15 is 0 Å². The van der Waals surface area contributed by atoms with E-state index < -0.39 is 29.8 Å². The molecule has 1 N–H and O–H groups in total. The number of likely N-dealkylation sites (N-methyl/N-ethyl adjacent to an activating group) is 1. The van der Waals surface area contributed by atoms with E-state index in [-0.39, 0.29) is 44.0 Å². The fourth-order valence-corrected chi connectivity index (χ4v) is 5.66. The first kappa shape index (κ1) is 30.2. The highest BCUT2D eigenvalue weighted by atomic mass is 19.4. The highest BCUT2D eigenvalue weighted by Crippen LogP contribution is 2.36. The lowest BCUT2D eigenvalue weighted by Crippen LogP contribution is -2.56. The molecule has 2 aromatic rings. The van der Waals surface area contributed by atoms with Gasteiger partial charge in [0.2, 0.25) is 6.79 Å². The summed E-state index contributed by atoms with van der Waals surface area (Å²) >= 11 is 0. The zero-order valence-corrected chi connectivity index (χ0v) is 24.1. The first-order valence-corrected chi connectivity index (χ1v) is 14.1. The van der Waals surface area contributed by atoms with E-state index in [1.54, 1.807) is 36.9 Å². The SMILES string of the molecule is CCOC(=O)C1=C(CN2CCN(C(=O)c3ccc4c(c3)OCO4)[C@H](C)C2)N(CC)C(=O)N[C@H]1c1ccc(C(F)(F)F)cc1. The summed E-state index contributed by atoms with van der Waals surface area (Å²) < 4.78 is 55.7. The van der Waals surface area contributed by atoms with Gasteiger partial charge in [0.25, 0.3) is 5.91 Å². The number of nitrogens with one attached hydrogen (secondary N) is 1. The lowest BCUT2D eigenvalue weighted by molar-refractivity contribution is -0.139. The van der Waals surface area contributed by atoms with E-state index in [0.29, 0.717) is 48.0 Å². The number of alkyl halides is 3. The van der Waals surface area contributed by atoms with Crippen LogP contribution >= 0.6 is 0 Å². The molecular weight excluding hydrogens is 569 g/mol. The van der Waals surface area contributed by atoms with Gasteiger partial charge in [-0.05, 0) is 56.7 Å². The third-order valence-corrected chi connectivity index (χ3v) is 7.79. The number of carbonyl (C=O) groups is 3. The minimum atomic E-state index is -4.53. The topological polar surface area (TPSA) is 101 Å². The van der Waals surface area contributed by atoms with Gasteiger partial charge >= 0.3 is 18.2 Å². The van der Waals surface area contributed by atoms with Crippen LogP contribution in [0.25, 0.3) is 0 Å². The van der Waals surface area contributed by atoms with Crippen molar-refractivity contribution in [2.75, 3.05) is 46.1 Å². The van der Waals surface area contributed by atoms with Gasteiger partial charge in [-0.2, -0.15) is 13.2 Å². The summed E-state index contributed by atoms with van der Waals surface area (Å²) in [4.78, 5) is 45.2. The normalized spacial score (nSPS) is 20.7. The summed E-state index contributed by atoms with van der Waals surface area (Å²) in [5.74, 6) is 0.303. The molecule has 3 aliphatic heterocycles. The summed E-state index contributed by atoms with van der Waals surface area (Å²) in [5, 5.41) is 2.77. The number of urea groups is 1. The van der Waals surface area contributed by atoms with E-state index in [2.05, 4.69) is 5.32 Å². The molecule has 0 unspecified atom stereocenters. The number of nitrogens with zero attached hydrogens (tertiary/aromatic N) is 3. The summed E-state index contributed by atoms with van der Waals surface area (Å²) in [7, 11) is 0. The number of amides is 3. The number of rotatable bonds is 7. The Morgan fingerprint density at radius 2 is 1.77 bits per heavy atom. The Bertz CT molecular complexity index is 1430. The molecule has 5 rings (SSSR count). The Balaban J connectivity index is 1.40. The standard InChI is InChI=1S/C30H33F3N4O6/c1-4-36-22(16-35-12-13-37(18(3)15-35)27(38)20-8-11-23-24(14-20)43-17-42-23)25(28(39)41-5-2)26(34-29(36)40)19-6-9-21(10-7-19)30(31,32)33/h6-11,14,18,26H,4-5,12-13,15-17H2,1-3H3,(H,34,40)/t18-,26+/m1/s1. The molecule has 3 heterocycles. The van der Waals surface area contributed by atoms with Crippen LogP contribution in [0.4, 0.5) is 18.0 Å². The third-order valence-electron chi connectivity index (χ3n) is 7.79. The van der Waals surface area contributed by atoms with Gasteiger partial charge in [-0.15, -0.1) is 0 Å². The predicted octanol–water partition coefficient (Wildman–Crippen LogP) is 4.18. The number of hydrogen-bond donors (Lipinski definition) is 1. The summed E-state index contributed by atoms with van der Waals surface area (Å²) in [6.07, 6.45) is -4.53. The van der Waals surface area contributed by atoms with Crippen LogP contribution in [0.5, 0.6) is 11.5 Å². The molecule has 3 aliphatic rings. The monoisotopic (exact) mass is 602 g/mol. The Labute approximate surface area is 247 Å². The van der Waals surface area contributed by atoms with Gasteiger partial charge < -0.3 is 24.4 Å². The van der Waals surface area contributed by atoms with Crippen LogP contribution in [0.2, 0.25) is 0 Å². The Kier molecular flexibility index (Phi) is 8.54. The smallest absolute Gasteiger partial charge is 0.416 e. The van der Waals surface area contributed by atoms with Crippen molar-refractivity contribution in [1.29, 1.82) is 0 Å². The number of hydrogen-bond acceptors (Lipinski definition) is 7. The quantitative estimate of drug-likeness (QED) is 0.475. The van der Waals surface area contributed by atoms with Crippen LogP contribution in [0.3, 0.4) is 0 Å². The number of carbonyl (C=O) groups excluding carboxylic acids is 3. The Morgan fingerprint density at radius 3 is 2.42 bits per heavy atom. The van der Waals surface area contributed by atoms with E-state index in [1.807, 2.05) is 11.8 Å². The first-order chi connectivity index (χ1) is 20.5. The van der Waals surface area contributed by atoms with Crippen LogP contribution < -0.4 is 14.8 Å². The molecule has 0 saturated carbocycles. The molecule has 0 radical (unpaired) electrons. The molecule has 13 heteroatoms. The van der Waals surface area contributed by atoms with Crippen molar-refractivity contribution >= 4 is 17.9 Å². The average molecular weight is 603 g/mol. The van der Waals surface area contributed by atoms with Crippen LogP contribution in [0, 0.1) is 0 Å². The number of ether oxygens (including phenoxy) is 3. The van der Waals surface area contributed by atoms with Crippen LogP contribution in [0.1, 0.15) is 48.3 Å². The van der Waals surface area contributed by atoms with Crippen molar-refractivity contribution in [2.24, 2.45) is 0 Å². The van der Waals surface area contributed by atoms with Gasteiger partial charge in [-0.1, -0.05) is 12.1 Å². The molecule has 230 valence electrons. The molecule has 0 aliphatic carbocycles. The van der Waals surface area contributed by atoms with Gasteiger partial charge in [-0.25, -0.2) is 9.59 Å². The van der Waals surface area contributed by atoms with Gasteiger partial charge in [0.1, 0.15) is 0 Å². The summed E-state index contributed by atoms with van der Waals surface area (Å²) in [5.41, 5.74) is 0.548. The minimum Gasteiger partial charge on any atom is -0.463 e. The number of benzene rings is 2. The second kappa shape index (κ2) is 12.2. The lowest BCUT2D eigenvalue weighted by Gasteiger charge is -2.43. The Hall–Kier alpha value is -4.26. The summed E-state index contributed by atoms with van der Waals surface area (Å²) in [6.45, 7) is 7.30. The molecule has 43 heavy (non-hydrogen) atoms. The molecule has 1 fully saturated rings. The van der Waals surface area contributed by atoms with E-state index in [1.165, 1.54) is 17.0 Å². The van der Waals surface area contributed by atoms with Gasteiger partial charge in [0.05, 0.1) is 23.8 Å². The molecule has 2 aromatic carbocycles. The highest BCUT2D eigenvalue weighted by molar-refractivity contribution is 5.96. The van der Waals surface area contributed by atoms with Crippen molar-refractivity contribution in [3.63, 3.8) is 0 Å². The molecule has 0 bridgehead atoms. The van der Waals surface area contributed by atoms with Crippen LogP contribution in [-0.2, 0) is 15.7 Å². The minimum absolute atomic E-state index is 0.0765. The first-order valence-electron chi connectivity index (χ1n) is 14.1. The maximum Gasteiger partial charge on any atom is 0.416 e. The van der Waals surface area contributed by atoms with Crippen molar-refractivity contribution < 1.29 is 41.8 Å². The average Bonchev–Trinajstić information content (AvgIpc) is 3.45. The van der Waals surface area contributed by atoms with Crippen molar-refractivity contribution in [1.82, 2.24) is 20.0 Å². The molecule has 3 amide bonds. The van der Waals surface area contributed by atoms with E-state index in [0.717, 1.165) is 12.1 Å². The highest BCUT2D eigenvalue weighted by Gasteiger charge is 2.40. The zero-order valence-electron chi connectivity index (χ0n) is 24.1. The van der Waals surface area contributed by atoms with Crippen molar-refractivity contribution in [3.05, 3.63) is 70.4 Å². The molecule has 10 nitrogen and oxygen atoms in total. The van der Waals surface area contributed by atoms with Gasteiger partial charge in [0.15, 0.2) is 11.5 Å². The lowest BCUT2D eigenvalue weighted by atomic mass is 9.93. The van der Waals surface area contributed by atoms with E-state index in [9.17, 15) is 27.6 Å². The molecule has 1 saturated heterocycles. The largest absolute Gasteiger partial charge is 0.463 e. The number of halogens is 3. The van der Waals surface area contributed by atoms with Gasteiger partial charge in [0, 0.05) is 50.0 Å². The molecule has 2 atom stereocenters. The molecule has 0 aromatic heterocycles. The van der Waals surface area contributed by atoms with Crippen molar-refractivity contribution in [3.8, 4) is 11.5 Å². The summed E-state index contributed by atoms with van der Waals surface area (Å²) in [6, 6.07) is 7.77. The number of piperazine rings is 1. The maximum atomic E-state index is 13.4. The van der Waals surface area contributed by atoms with E-state index in [4.69, 9.17) is 14.2 Å². The van der Waals surface area contributed by atoms with Gasteiger partial charge in [-0.3, -0.25) is 14.6 Å². The van der Waals surface area contributed by atoms with Crippen LogP contribution in [-0.4, -0.2) is 84.8 Å². The fraction of sp³-hybridized carbons (Fsp3) is 0.433. The predicted molar refractivity (Wildman–Crippen MR) is 148 cm³/mol. The fourth-order valence-electron chi connectivity index (χ4n) is 5.66. The number of fused-ring (bicyclic) bond motifs is 1. The second-order valence-electron chi connectivity index (χ2n) is 10.5.